The minimum absolute atomic E-state index is 0.00947. The Hall–Kier alpha value is -7.02. The van der Waals surface area contributed by atoms with Crippen molar-refractivity contribution in [2.24, 2.45) is 9.98 Å². The number of carbonyl (C=O) groups is 2. The predicted octanol–water partition coefficient (Wildman–Crippen LogP) is 11.6. The van der Waals surface area contributed by atoms with Crippen molar-refractivity contribution in [2.75, 3.05) is 13.2 Å². The average Bonchev–Trinajstić information content (AvgIpc) is 3.25. The highest BCUT2D eigenvalue weighted by molar-refractivity contribution is 5.93. The van der Waals surface area contributed by atoms with Gasteiger partial charge in [-0.3, -0.25) is 20.1 Å². The van der Waals surface area contributed by atoms with Gasteiger partial charge in [-0.2, -0.15) is 0 Å². The summed E-state index contributed by atoms with van der Waals surface area (Å²) in [5.41, 5.74) is 1.69. The lowest BCUT2D eigenvalue weighted by molar-refractivity contribution is -0.385. The first-order valence-corrected chi connectivity index (χ1v) is 20.6. The molecule has 0 saturated carbocycles. The van der Waals surface area contributed by atoms with E-state index in [9.17, 15) is 29.9 Å². The zero-order valence-electron chi connectivity index (χ0n) is 34.5. The van der Waals surface area contributed by atoms with Gasteiger partial charge in [0.15, 0.2) is 0 Å². The summed E-state index contributed by atoms with van der Waals surface area (Å²) in [5.74, 6) is -0.977. The second kappa shape index (κ2) is 23.5. The minimum atomic E-state index is -0.886. The molecule has 0 aliphatic heterocycles. The zero-order chi connectivity index (χ0) is 43.4. The quantitative estimate of drug-likeness (QED) is 0.0161. The van der Waals surface area contributed by atoms with Crippen molar-refractivity contribution >= 4 is 41.4 Å². The van der Waals surface area contributed by atoms with Crippen LogP contribution in [0.1, 0.15) is 110 Å². The molecule has 0 heterocycles. The average molecular weight is 830 g/mol. The molecule has 0 unspecified atom stereocenters. The number of hydrogen-bond donors (Lipinski definition) is 2. The molecule has 0 fully saturated rings. The number of nitro benzene ring substituents is 1. The Morgan fingerprint density at radius 3 is 1.46 bits per heavy atom. The van der Waals surface area contributed by atoms with Gasteiger partial charge in [-0.25, -0.2) is 9.59 Å². The van der Waals surface area contributed by atoms with Crippen LogP contribution in [0.25, 0.3) is 0 Å². The van der Waals surface area contributed by atoms with Crippen LogP contribution < -0.4 is 18.9 Å². The minimum Gasteiger partial charge on any atom is -0.507 e. The van der Waals surface area contributed by atoms with Crippen LogP contribution in [0, 0.1) is 10.1 Å². The monoisotopic (exact) mass is 829 g/mol. The van der Waals surface area contributed by atoms with Crippen molar-refractivity contribution in [1.82, 2.24) is 0 Å². The van der Waals surface area contributed by atoms with Gasteiger partial charge in [-0.15, -0.1) is 0 Å². The van der Waals surface area contributed by atoms with Crippen molar-refractivity contribution in [3.8, 4) is 34.5 Å². The first-order chi connectivity index (χ1) is 29.6. The van der Waals surface area contributed by atoms with E-state index in [2.05, 4.69) is 23.8 Å². The number of nitrogens with zero attached hydrogens (tertiary/aromatic N) is 3. The molecule has 13 nitrogen and oxygen atoms in total. The summed E-state index contributed by atoms with van der Waals surface area (Å²) in [7, 11) is 0. The molecule has 2 N–H and O–H groups in total. The van der Waals surface area contributed by atoms with Crippen molar-refractivity contribution in [2.45, 2.75) is 78.1 Å². The van der Waals surface area contributed by atoms with Crippen LogP contribution in [0.15, 0.2) is 113 Å². The van der Waals surface area contributed by atoms with Crippen LogP contribution in [-0.2, 0) is 0 Å². The second-order valence-corrected chi connectivity index (χ2v) is 14.2. The number of esters is 2. The maximum Gasteiger partial charge on any atom is 0.343 e. The third-order valence-electron chi connectivity index (χ3n) is 9.49. The largest absolute Gasteiger partial charge is 0.507 e. The number of aliphatic imine (C=N–C) groups is 2. The lowest BCUT2D eigenvalue weighted by atomic mass is 10.1. The number of hydrogen-bond acceptors (Lipinski definition) is 12. The van der Waals surface area contributed by atoms with Crippen LogP contribution in [0.4, 0.5) is 17.1 Å². The molecule has 0 saturated heterocycles. The smallest absolute Gasteiger partial charge is 0.343 e. The number of nitro groups is 1. The standard InChI is InChI=1S/C48H51N3O10/c1-3-5-7-9-11-27-58-40-23-17-36(44(52)29-40)32-49-38-19-13-34(14-20-38)47(54)60-42-25-26-43(51(56)57)46(31-42)61-48(55)35-15-21-39(22-16-35)50-33-37-18-24-41(30-45(37)53)59-28-12-10-8-6-4-2/h13-26,29-33,52-53H,3-12,27-28H2,1-2H3. The number of unbranched alkanes of at least 4 members (excludes halogenated alkanes) is 8. The molecule has 5 aromatic rings. The molecular weight excluding hydrogens is 779 g/mol. The summed E-state index contributed by atoms with van der Waals surface area (Å²) in [6, 6.07) is 25.6. The molecule has 318 valence electrons. The Labute approximate surface area is 355 Å². The van der Waals surface area contributed by atoms with Crippen molar-refractivity contribution < 1.29 is 43.7 Å². The first kappa shape index (κ1) is 45.1. The highest BCUT2D eigenvalue weighted by Gasteiger charge is 2.21. The number of carbonyl (C=O) groups excluding carboxylic acids is 2. The molecular formula is C48H51N3O10. The van der Waals surface area contributed by atoms with Gasteiger partial charge >= 0.3 is 17.6 Å². The van der Waals surface area contributed by atoms with Gasteiger partial charge in [-0.05, 0) is 91.7 Å². The highest BCUT2D eigenvalue weighted by atomic mass is 16.6. The lowest BCUT2D eigenvalue weighted by Crippen LogP contribution is -2.11. The van der Waals surface area contributed by atoms with Gasteiger partial charge in [0.1, 0.15) is 28.7 Å². The van der Waals surface area contributed by atoms with Gasteiger partial charge < -0.3 is 29.2 Å². The number of phenols is 2. The molecule has 5 rings (SSSR count). The van der Waals surface area contributed by atoms with Gasteiger partial charge in [0, 0.05) is 47.8 Å². The molecule has 0 radical (unpaired) electrons. The summed E-state index contributed by atoms with van der Waals surface area (Å²) in [4.78, 5) is 45.9. The third-order valence-corrected chi connectivity index (χ3v) is 9.49. The third kappa shape index (κ3) is 14.3. The van der Waals surface area contributed by atoms with Crippen molar-refractivity contribution in [1.29, 1.82) is 0 Å². The van der Waals surface area contributed by atoms with E-state index in [-0.39, 0.29) is 28.4 Å². The van der Waals surface area contributed by atoms with Gasteiger partial charge in [-0.1, -0.05) is 65.2 Å². The fraction of sp³-hybridized carbons (Fsp3) is 0.292. The highest BCUT2D eigenvalue weighted by Crippen LogP contribution is 2.33. The summed E-state index contributed by atoms with van der Waals surface area (Å²) in [6.07, 6.45) is 14.2. The van der Waals surface area contributed by atoms with Gasteiger partial charge in [0.05, 0.1) is 40.6 Å². The van der Waals surface area contributed by atoms with Crippen molar-refractivity contribution in [3.05, 3.63) is 135 Å². The summed E-state index contributed by atoms with van der Waals surface area (Å²) < 4.78 is 22.4. The molecule has 0 aliphatic rings. The maximum absolute atomic E-state index is 13.1. The molecule has 61 heavy (non-hydrogen) atoms. The summed E-state index contributed by atoms with van der Waals surface area (Å²) >= 11 is 0. The van der Waals surface area contributed by atoms with E-state index in [0.29, 0.717) is 47.2 Å². The normalized spacial score (nSPS) is 11.2. The van der Waals surface area contributed by atoms with Crippen LogP contribution in [0.5, 0.6) is 34.5 Å². The van der Waals surface area contributed by atoms with Crippen LogP contribution in [0.2, 0.25) is 0 Å². The van der Waals surface area contributed by atoms with Crippen LogP contribution >= 0.6 is 0 Å². The molecule has 0 spiro atoms. The van der Waals surface area contributed by atoms with Crippen LogP contribution in [0.3, 0.4) is 0 Å². The summed E-state index contributed by atoms with van der Waals surface area (Å²) in [5, 5.41) is 32.7. The number of benzene rings is 5. The van der Waals surface area contributed by atoms with Crippen molar-refractivity contribution in [3.63, 3.8) is 0 Å². The van der Waals surface area contributed by atoms with E-state index < -0.39 is 28.3 Å². The molecule has 13 heteroatoms. The summed E-state index contributed by atoms with van der Waals surface area (Å²) in [6.45, 7) is 5.50. The SMILES string of the molecule is CCCCCCCOc1ccc(C=Nc2ccc(C(=O)Oc3ccc([N+](=O)[O-])c(OC(=O)c4ccc(N=Cc5ccc(OCCCCCCC)cc5O)cc4)c3)cc2)c(O)c1. The van der Waals surface area contributed by atoms with E-state index >= 15 is 0 Å². The Morgan fingerprint density at radius 2 is 1.02 bits per heavy atom. The molecule has 0 aliphatic carbocycles. The number of rotatable bonds is 23. The number of ether oxygens (including phenoxy) is 4. The first-order valence-electron chi connectivity index (χ1n) is 20.6. The van der Waals surface area contributed by atoms with E-state index in [1.54, 1.807) is 60.7 Å². The number of aromatic hydroxyl groups is 2. The Bertz CT molecular complexity index is 2290. The predicted molar refractivity (Wildman–Crippen MR) is 235 cm³/mol. The Balaban J connectivity index is 1.14. The van der Waals surface area contributed by atoms with Gasteiger partial charge in [0.2, 0.25) is 5.75 Å². The molecule has 0 aromatic heterocycles. The molecule has 0 amide bonds. The molecule has 5 aromatic carbocycles. The Morgan fingerprint density at radius 1 is 0.574 bits per heavy atom. The zero-order valence-corrected chi connectivity index (χ0v) is 34.5. The lowest BCUT2D eigenvalue weighted by Gasteiger charge is -2.09. The second-order valence-electron chi connectivity index (χ2n) is 14.2. The van der Waals surface area contributed by atoms with E-state index in [0.717, 1.165) is 37.8 Å². The van der Waals surface area contributed by atoms with E-state index in [1.165, 1.54) is 81.3 Å². The Kier molecular flexibility index (Phi) is 17.4. The number of phenolic OH excluding ortho intramolecular Hbond substituents is 2. The van der Waals surface area contributed by atoms with E-state index in [1.807, 2.05) is 0 Å². The topological polar surface area (TPSA) is 179 Å². The maximum atomic E-state index is 13.1. The molecule has 0 atom stereocenters. The van der Waals surface area contributed by atoms with Crippen LogP contribution in [-0.4, -0.2) is 52.7 Å². The van der Waals surface area contributed by atoms with E-state index in [4.69, 9.17) is 18.9 Å². The fourth-order valence-corrected chi connectivity index (χ4v) is 6.01. The van der Waals surface area contributed by atoms with Gasteiger partial charge in [0.25, 0.3) is 0 Å². The molecule has 0 bridgehead atoms. The fourth-order valence-electron chi connectivity index (χ4n) is 6.01.